The van der Waals surface area contributed by atoms with Crippen molar-refractivity contribution >= 4 is 84.7 Å². The second kappa shape index (κ2) is 37.0. The van der Waals surface area contributed by atoms with E-state index in [0.29, 0.717) is 24.1 Å². The van der Waals surface area contributed by atoms with E-state index in [2.05, 4.69) is 20.6 Å². The maximum atomic E-state index is 11.6. The molecule has 36 nitrogen and oxygen atoms in total. The monoisotopic (exact) mass is 1730 g/mol. The number of aryl methyl sites for hydroxylation is 2. The van der Waals surface area contributed by atoms with Crippen molar-refractivity contribution in [3.63, 3.8) is 0 Å². The number of Topliss-reactive ketones (excluding diaryl/α,β-unsaturated/α-hetero) is 1. The minimum atomic E-state index is -3.67. The first kappa shape index (κ1) is 107. The molecular weight excluding hydrogens is 1600 g/mol. The molecule has 10 N–H and O–H groups in total. The highest BCUT2D eigenvalue weighted by Gasteiger charge is 2.55. The molecule has 6 aliphatic rings. The van der Waals surface area contributed by atoms with Crippen molar-refractivity contribution in [1.82, 2.24) is 53.6 Å². The van der Waals surface area contributed by atoms with E-state index in [1.807, 2.05) is 169 Å². The molecule has 0 saturated carbocycles. The number of amides is 8. The molecule has 0 aliphatic carbocycles. The zero-order valence-electron chi connectivity index (χ0n) is 75.1. The Morgan fingerprint density at radius 3 is 1.29 bits per heavy atom. The number of cyclic esters (lactones) is 2. The van der Waals surface area contributed by atoms with Crippen molar-refractivity contribution in [3.05, 3.63) is 111 Å². The van der Waals surface area contributed by atoms with Gasteiger partial charge in [-0.25, -0.2) is 42.2 Å². The number of rotatable bonds is 1. The lowest BCUT2D eigenvalue weighted by atomic mass is 9.83. The van der Waals surface area contributed by atoms with Gasteiger partial charge >= 0.3 is 28.3 Å². The third-order valence-corrected chi connectivity index (χ3v) is 23.2. The number of sulfonamides is 1. The Balaban J connectivity index is 0.000000656. The van der Waals surface area contributed by atoms with Crippen LogP contribution < -0.4 is 41.8 Å². The normalized spacial score (nSPS) is 19.8. The van der Waals surface area contributed by atoms with E-state index in [-0.39, 0.29) is 113 Å². The highest BCUT2D eigenvalue weighted by Crippen LogP contribution is 2.40. The molecule has 4 aromatic rings. The van der Waals surface area contributed by atoms with Gasteiger partial charge in [-0.3, -0.25) is 58.6 Å². The van der Waals surface area contributed by atoms with Crippen LogP contribution in [0.25, 0.3) is 0 Å². The van der Waals surface area contributed by atoms with E-state index in [1.165, 1.54) is 36.4 Å². The Morgan fingerprint density at radius 2 is 1.10 bits per heavy atom. The summed E-state index contributed by atoms with van der Waals surface area (Å²) in [5, 5.41) is 59.1. The Bertz CT molecular complexity index is 4820. The molecule has 0 spiro atoms. The zero-order chi connectivity index (χ0) is 93.8. The second-order valence-corrected chi connectivity index (χ2v) is 44.2. The van der Waals surface area contributed by atoms with Gasteiger partial charge in [0.25, 0.3) is 43.8 Å². The fraction of sp³-hybridized carbons (Fsp3) is 0.658. The fourth-order valence-corrected chi connectivity index (χ4v) is 15.5. The molecule has 39 heteroatoms. The van der Waals surface area contributed by atoms with Gasteiger partial charge in [0.2, 0.25) is 16.8 Å². The number of aromatic hydroxyl groups is 2. The van der Waals surface area contributed by atoms with Crippen molar-refractivity contribution in [1.29, 1.82) is 0 Å². The number of aliphatic hydroxyl groups excluding tert-OH is 2. The lowest BCUT2D eigenvalue weighted by Crippen LogP contribution is -2.54. The second-order valence-electron chi connectivity index (χ2n) is 39.4. The van der Waals surface area contributed by atoms with Crippen LogP contribution in [-0.2, 0) is 81.1 Å². The molecule has 0 radical (unpaired) electrons. The van der Waals surface area contributed by atoms with Gasteiger partial charge in [-0.05, 0) is 125 Å². The summed E-state index contributed by atoms with van der Waals surface area (Å²) in [6.07, 6.45) is 2.86. The first-order chi connectivity index (χ1) is 52.2. The van der Waals surface area contributed by atoms with Gasteiger partial charge in [0, 0.05) is 34.4 Å². The molecule has 2 aromatic heterocycles. The van der Waals surface area contributed by atoms with Gasteiger partial charge in [0.1, 0.15) is 29.0 Å². The lowest BCUT2D eigenvalue weighted by molar-refractivity contribution is -0.146. The molecule has 118 heavy (non-hydrogen) atoms. The van der Waals surface area contributed by atoms with Gasteiger partial charge in [-0.15, -0.1) is 0 Å². The molecule has 8 heterocycles. The lowest BCUT2D eigenvalue weighted by Gasteiger charge is -2.36. The number of imide groups is 2. The van der Waals surface area contributed by atoms with Crippen molar-refractivity contribution < 1.29 is 100 Å². The van der Waals surface area contributed by atoms with E-state index >= 15 is 0 Å². The number of carbonyl (C=O) groups excluding carboxylic acids is 9. The van der Waals surface area contributed by atoms with Crippen molar-refractivity contribution in [2.24, 2.45) is 21.7 Å². The maximum Gasteiger partial charge on any atom is 0.414 e. The summed E-state index contributed by atoms with van der Waals surface area (Å²) in [4.78, 5) is 152. The van der Waals surface area contributed by atoms with Crippen LogP contribution >= 0.6 is 11.8 Å². The number of nitrogens with one attached hydrogen (secondary N) is 4. The van der Waals surface area contributed by atoms with Crippen LogP contribution in [0.2, 0.25) is 0 Å². The number of urea groups is 1. The number of aliphatic hydroxyl groups is 2. The van der Waals surface area contributed by atoms with E-state index in [9.17, 15) is 94.7 Å². The Hall–Kier alpha value is -9.50. The summed E-state index contributed by atoms with van der Waals surface area (Å²) in [7, 11) is -5.72. The molecule has 8 amide bonds. The summed E-state index contributed by atoms with van der Waals surface area (Å²) in [6.45, 7) is 64.5. The number of imidazole rings is 2. The van der Waals surface area contributed by atoms with Crippen molar-refractivity contribution in [2.45, 2.75) is 303 Å². The number of thioether (sulfide) groups is 1. The van der Waals surface area contributed by atoms with Crippen LogP contribution in [0.1, 0.15) is 263 Å². The summed E-state index contributed by atoms with van der Waals surface area (Å²) in [5.41, 5.74) is -3.55. The quantitative estimate of drug-likeness (QED) is 0.0212. The Kier molecular flexibility index (Phi) is 33.4. The van der Waals surface area contributed by atoms with Gasteiger partial charge in [0.05, 0.1) is 58.0 Å². The molecule has 2 atom stereocenters. The third kappa shape index (κ3) is 27.0. The number of esters is 1. The van der Waals surface area contributed by atoms with Gasteiger partial charge in [0.15, 0.2) is 33.9 Å². The molecule has 666 valence electrons. The SMILES string of the molecule is CC(C)(C)C1=C(O)C(C)(C)OC1=O.CC(C)(C)C1OC(=O)NC1=O.CC(C)(C)C1SC(=O)NC1=O.CC(C)(C)Cc1c(O)c(=O)c1=O.CC(C)(C)N1C(C)(C)C(=O)NS1(=O)=O.CC(C)(C)N1CC(=O)/C(=C/O)C1=O.CC(C)(C)c1c(O)c(=O)c1=O.CN1C(=O)NS(=O)(=O)C1(C)C.Cc1cnc(C(C)(C)C)n1O.Cc1ncn(O)c1C(C)(C)C. The summed E-state index contributed by atoms with van der Waals surface area (Å²) >= 11 is 1.08. The van der Waals surface area contributed by atoms with Crippen LogP contribution in [0, 0.1) is 35.5 Å². The van der Waals surface area contributed by atoms with E-state index in [1.54, 1.807) is 75.4 Å². The number of hydrogen-bond donors (Lipinski definition) is 10. The average molecular weight is 1730 g/mol. The number of likely N-dealkylation sites (tertiary alicyclic amines) is 1. The van der Waals surface area contributed by atoms with Gasteiger partial charge in [-0.1, -0.05) is 157 Å². The predicted molar refractivity (Wildman–Crippen MR) is 444 cm³/mol. The molecule has 5 saturated heterocycles. The van der Waals surface area contributed by atoms with Crippen LogP contribution in [0.3, 0.4) is 0 Å². The van der Waals surface area contributed by atoms with E-state index in [4.69, 9.17) is 24.8 Å². The predicted octanol–water partition coefficient (Wildman–Crippen LogP) is 9.13. The van der Waals surface area contributed by atoms with Gasteiger partial charge in [-0.2, -0.15) is 22.2 Å². The standard InChI is InChI=1S/C10H16O3.C9H13NO3.C9H12O3.C8H16N2O3S.2C8H14N2O.C8H10O3.C7H11NO3.C7H11NO2S.C5H10N2O3S/c1-9(2,3)6-7(11)10(4,5)13-8(6)12;1-9(2,3)10-4-7(12)6(5-11)8(10)13;1-9(2,3)4-5-6(10)8(12)7(5)11;1-7(2,3)10-8(4,5)6(11)9-14(10,12)13;1-6-7(8(2,3)4)10(11)5-9-6;1-6-5-9-7(10(6)11)8(2,3)4;1-8(2,3)4-5(9)7(11)6(4)10;2*1-7(2,3)4-5(9)8-6(10)11-4;1-5(2)7(3)4(8)6-11(5,9)10/h11H,1-5H3;5,11H,4H2,1-3H3;10H,4H2,1-3H3;1-5H3,(H,9,11);2*5,11H,1-4H3;9H,1-3H3;2*4H,1-3H3,(H,8,9,10);1-3H3,(H,6,8)/b;6-5-;;;;;;;;. The topological polar surface area (TPSA) is 524 Å². The van der Waals surface area contributed by atoms with E-state index < -0.39 is 99.0 Å². The first-order valence-electron chi connectivity index (χ1n) is 37.3. The van der Waals surface area contributed by atoms with Gasteiger partial charge < -0.3 is 50.1 Å². The Morgan fingerprint density at radius 1 is 0.610 bits per heavy atom. The molecule has 10 rings (SSSR count). The number of nitrogens with zero attached hydrogens (tertiary/aromatic N) is 7. The van der Waals surface area contributed by atoms with Crippen LogP contribution in [0.15, 0.2) is 54.9 Å². The number of ketones is 1. The summed E-state index contributed by atoms with van der Waals surface area (Å²) in [5.74, 6) is -2.03. The third-order valence-electron chi connectivity index (χ3n) is 17.7. The number of hydrogen-bond acceptors (Lipinski definition) is 28. The number of ether oxygens (including phenoxy) is 2. The minimum Gasteiger partial charge on any atom is -0.515 e. The van der Waals surface area contributed by atoms with Crippen molar-refractivity contribution in [3.8, 4) is 11.5 Å². The van der Waals surface area contributed by atoms with Crippen LogP contribution in [0.4, 0.5) is 14.4 Å². The van der Waals surface area contributed by atoms with E-state index in [0.717, 1.165) is 43.2 Å². The molecular formula is C79H127N11O25S3. The fourth-order valence-electron chi connectivity index (χ4n) is 11.5. The Labute approximate surface area is 695 Å². The van der Waals surface area contributed by atoms with Crippen molar-refractivity contribution in [2.75, 3.05) is 13.6 Å². The molecule has 0 bridgehead atoms. The minimum absolute atomic E-state index is 0.0463. The smallest absolute Gasteiger partial charge is 0.414 e. The number of aromatic nitrogens is 4. The first-order valence-corrected chi connectivity index (χ1v) is 41.1. The maximum absolute atomic E-state index is 11.6. The highest BCUT2D eigenvalue weighted by molar-refractivity contribution is 8.15. The molecule has 5 fully saturated rings. The summed E-state index contributed by atoms with van der Waals surface area (Å²) < 4.78 is 62.6. The van der Waals surface area contributed by atoms with Crippen LogP contribution in [0.5, 0.6) is 11.5 Å². The number of alkyl carbamates (subject to hydrolysis) is 1. The molecule has 2 unspecified atom stereocenters. The molecule has 6 aliphatic heterocycles. The molecule has 2 aromatic carbocycles. The average Bonchev–Trinajstić information content (AvgIpc) is 1.52. The largest absolute Gasteiger partial charge is 0.515 e. The highest BCUT2D eigenvalue weighted by atomic mass is 32.2. The zero-order valence-corrected chi connectivity index (χ0v) is 77.5. The number of carbonyl (C=O) groups is 9. The summed E-state index contributed by atoms with van der Waals surface area (Å²) in [6, 6.07) is -0.574. The van der Waals surface area contributed by atoms with Crippen LogP contribution in [-0.4, -0.2) is 186 Å².